The fourth-order valence-corrected chi connectivity index (χ4v) is 2.27. The molecule has 3 rings (SSSR count). The lowest BCUT2D eigenvalue weighted by Gasteiger charge is -2.03. The molecule has 1 aromatic carbocycles. The van der Waals surface area contributed by atoms with Crippen LogP contribution in [0.2, 0.25) is 0 Å². The van der Waals surface area contributed by atoms with Gasteiger partial charge in [0.25, 0.3) is 0 Å². The van der Waals surface area contributed by atoms with Crippen molar-refractivity contribution in [2.45, 2.75) is 38.8 Å². The molecule has 3 heteroatoms. The predicted molar refractivity (Wildman–Crippen MR) is 70.0 cm³/mol. The van der Waals surface area contributed by atoms with E-state index >= 15 is 0 Å². The zero-order valence-electron chi connectivity index (χ0n) is 10.5. The van der Waals surface area contributed by atoms with Crippen molar-refractivity contribution < 1.29 is 0 Å². The molecule has 1 aliphatic rings. The first-order valence-corrected chi connectivity index (χ1v) is 6.45. The SMILES string of the molecule is CCc1nc2cc(CNC3CC3)ccc2n1C. The number of benzene rings is 1. The number of nitrogens with zero attached hydrogens (tertiary/aromatic N) is 2. The molecular weight excluding hydrogens is 210 g/mol. The van der Waals surface area contributed by atoms with E-state index in [1.54, 1.807) is 0 Å². The van der Waals surface area contributed by atoms with E-state index in [0.717, 1.165) is 30.3 Å². The maximum absolute atomic E-state index is 4.67. The molecule has 2 aromatic rings. The average molecular weight is 229 g/mol. The van der Waals surface area contributed by atoms with Crippen LogP contribution in [0, 0.1) is 0 Å². The maximum Gasteiger partial charge on any atom is 0.109 e. The minimum Gasteiger partial charge on any atom is -0.331 e. The summed E-state index contributed by atoms with van der Waals surface area (Å²) in [7, 11) is 2.09. The smallest absolute Gasteiger partial charge is 0.109 e. The van der Waals surface area contributed by atoms with Crippen molar-refractivity contribution in [1.29, 1.82) is 0 Å². The van der Waals surface area contributed by atoms with E-state index in [-0.39, 0.29) is 0 Å². The molecule has 1 aliphatic carbocycles. The van der Waals surface area contributed by atoms with Crippen molar-refractivity contribution in [1.82, 2.24) is 14.9 Å². The molecular formula is C14H19N3. The molecule has 1 heterocycles. The second kappa shape index (κ2) is 4.15. The van der Waals surface area contributed by atoms with Gasteiger partial charge in [-0.05, 0) is 30.5 Å². The van der Waals surface area contributed by atoms with Crippen molar-refractivity contribution >= 4 is 11.0 Å². The Morgan fingerprint density at radius 2 is 2.24 bits per heavy atom. The number of rotatable bonds is 4. The first-order valence-electron chi connectivity index (χ1n) is 6.45. The Kier molecular flexibility index (Phi) is 2.63. The van der Waals surface area contributed by atoms with E-state index in [4.69, 9.17) is 0 Å². The number of aryl methyl sites for hydroxylation is 2. The lowest BCUT2D eigenvalue weighted by atomic mass is 10.2. The Labute approximate surface area is 102 Å². The molecule has 90 valence electrons. The van der Waals surface area contributed by atoms with Gasteiger partial charge in [0.05, 0.1) is 11.0 Å². The van der Waals surface area contributed by atoms with E-state index in [2.05, 4.69) is 47.0 Å². The van der Waals surface area contributed by atoms with Crippen molar-refractivity contribution in [2.75, 3.05) is 0 Å². The molecule has 0 unspecified atom stereocenters. The van der Waals surface area contributed by atoms with Crippen molar-refractivity contribution in [3.05, 3.63) is 29.6 Å². The third-order valence-electron chi connectivity index (χ3n) is 3.53. The average Bonchev–Trinajstić information content (AvgIpc) is 3.12. The van der Waals surface area contributed by atoms with Gasteiger partial charge in [0.2, 0.25) is 0 Å². The maximum atomic E-state index is 4.67. The van der Waals surface area contributed by atoms with Crippen LogP contribution >= 0.6 is 0 Å². The highest BCUT2D eigenvalue weighted by atomic mass is 15.1. The van der Waals surface area contributed by atoms with Gasteiger partial charge in [0.15, 0.2) is 0 Å². The lowest BCUT2D eigenvalue weighted by Crippen LogP contribution is -2.15. The monoisotopic (exact) mass is 229 g/mol. The van der Waals surface area contributed by atoms with Crippen LogP contribution in [0.1, 0.15) is 31.2 Å². The van der Waals surface area contributed by atoms with Crippen LogP contribution in [0.25, 0.3) is 11.0 Å². The van der Waals surface area contributed by atoms with E-state index in [1.807, 2.05) is 0 Å². The fourth-order valence-electron chi connectivity index (χ4n) is 2.27. The number of nitrogens with one attached hydrogen (secondary N) is 1. The first-order chi connectivity index (χ1) is 8.28. The molecule has 17 heavy (non-hydrogen) atoms. The van der Waals surface area contributed by atoms with Gasteiger partial charge in [-0.2, -0.15) is 0 Å². The van der Waals surface area contributed by atoms with E-state index in [0.29, 0.717) is 0 Å². The summed E-state index contributed by atoms with van der Waals surface area (Å²) in [6, 6.07) is 7.37. The third-order valence-corrected chi connectivity index (χ3v) is 3.53. The zero-order valence-corrected chi connectivity index (χ0v) is 10.5. The number of imidazole rings is 1. The molecule has 0 spiro atoms. The molecule has 0 amide bonds. The van der Waals surface area contributed by atoms with E-state index in [9.17, 15) is 0 Å². The van der Waals surface area contributed by atoms with E-state index in [1.165, 1.54) is 23.9 Å². The number of aromatic nitrogens is 2. The predicted octanol–water partition coefficient (Wildman–Crippen LogP) is 2.39. The summed E-state index contributed by atoms with van der Waals surface area (Å²) in [4.78, 5) is 4.67. The van der Waals surface area contributed by atoms with E-state index < -0.39 is 0 Å². The highest BCUT2D eigenvalue weighted by molar-refractivity contribution is 5.76. The Morgan fingerprint density at radius 1 is 1.41 bits per heavy atom. The standard InChI is InChI=1S/C14H19N3/c1-3-14-16-12-8-10(9-15-11-5-6-11)4-7-13(12)17(14)2/h4,7-8,11,15H,3,5-6,9H2,1-2H3. The quantitative estimate of drug-likeness (QED) is 0.872. The molecule has 3 nitrogen and oxygen atoms in total. The molecule has 0 aliphatic heterocycles. The summed E-state index contributed by atoms with van der Waals surface area (Å²) >= 11 is 0. The summed E-state index contributed by atoms with van der Waals surface area (Å²) in [6.45, 7) is 3.12. The largest absolute Gasteiger partial charge is 0.331 e. The molecule has 1 saturated carbocycles. The van der Waals surface area contributed by atoms with Crippen LogP contribution in [0.4, 0.5) is 0 Å². The number of hydrogen-bond donors (Lipinski definition) is 1. The van der Waals surface area contributed by atoms with Gasteiger partial charge in [-0.15, -0.1) is 0 Å². The second-order valence-corrected chi connectivity index (χ2v) is 4.92. The van der Waals surface area contributed by atoms with Gasteiger partial charge in [0, 0.05) is 26.1 Å². The van der Waals surface area contributed by atoms with Crippen molar-refractivity contribution in [3.63, 3.8) is 0 Å². The van der Waals surface area contributed by atoms with Crippen LogP contribution in [-0.4, -0.2) is 15.6 Å². The van der Waals surface area contributed by atoms with Crippen LogP contribution < -0.4 is 5.32 Å². The molecule has 0 radical (unpaired) electrons. The molecule has 1 fully saturated rings. The van der Waals surface area contributed by atoms with Crippen LogP contribution in [0.5, 0.6) is 0 Å². The molecule has 1 N–H and O–H groups in total. The minimum atomic E-state index is 0.764. The summed E-state index contributed by atoms with van der Waals surface area (Å²) < 4.78 is 2.19. The van der Waals surface area contributed by atoms with Crippen molar-refractivity contribution in [3.8, 4) is 0 Å². The third kappa shape index (κ3) is 2.07. The molecule has 0 saturated heterocycles. The molecule has 1 aromatic heterocycles. The summed E-state index contributed by atoms with van der Waals surface area (Å²) in [5.74, 6) is 1.16. The Bertz CT molecular complexity index is 538. The highest BCUT2D eigenvalue weighted by Gasteiger charge is 2.20. The number of hydrogen-bond acceptors (Lipinski definition) is 2. The van der Waals surface area contributed by atoms with Gasteiger partial charge < -0.3 is 9.88 Å². The Balaban J connectivity index is 1.89. The second-order valence-electron chi connectivity index (χ2n) is 4.92. The Morgan fingerprint density at radius 3 is 2.94 bits per heavy atom. The fraction of sp³-hybridized carbons (Fsp3) is 0.500. The summed E-state index contributed by atoms with van der Waals surface area (Å²) in [6.07, 6.45) is 3.67. The molecule has 0 bridgehead atoms. The van der Waals surface area contributed by atoms with Gasteiger partial charge >= 0.3 is 0 Å². The van der Waals surface area contributed by atoms with Crippen LogP contribution in [0.3, 0.4) is 0 Å². The first kappa shape index (κ1) is 10.8. The normalized spacial score (nSPS) is 15.6. The zero-order chi connectivity index (χ0) is 11.8. The van der Waals surface area contributed by atoms with Crippen molar-refractivity contribution in [2.24, 2.45) is 7.05 Å². The van der Waals surface area contributed by atoms with Gasteiger partial charge in [-0.1, -0.05) is 13.0 Å². The summed E-state index contributed by atoms with van der Waals surface area (Å²) in [5.41, 5.74) is 3.70. The Hall–Kier alpha value is -1.35. The van der Waals surface area contributed by atoms with Gasteiger partial charge in [0.1, 0.15) is 5.82 Å². The molecule has 0 atom stereocenters. The minimum absolute atomic E-state index is 0.764. The van der Waals surface area contributed by atoms with Gasteiger partial charge in [-0.3, -0.25) is 0 Å². The topological polar surface area (TPSA) is 29.9 Å². The van der Waals surface area contributed by atoms with Gasteiger partial charge in [-0.25, -0.2) is 4.98 Å². The lowest BCUT2D eigenvalue weighted by molar-refractivity contribution is 0.688. The summed E-state index contributed by atoms with van der Waals surface area (Å²) in [5, 5.41) is 3.54. The van der Waals surface area contributed by atoms with Crippen LogP contribution in [0.15, 0.2) is 18.2 Å². The number of fused-ring (bicyclic) bond motifs is 1. The van der Waals surface area contributed by atoms with Crippen LogP contribution in [-0.2, 0) is 20.0 Å². The highest BCUT2D eigenvalue weighted by Crippen LogP contribution is 2.21.